The zero-order chi connectivity index (χ0) is 14.3. The van der Waals surface area contributed by atoms with Crippen molar-refractivity contribution in [2.75, 3.05) is 6.61 Å². The Morgan fingerprint density at radius 1 is 1.17 bits per heavy atom. The van der Waals surface area contributed by atoms with Gasteiger partial charge >= 0.3 is 0 Å². The van der Waals surface area contributed by atoms with Crippen LogP contribution < -0.4 is 0 Å². The van der Waals surface area contributed by atoms with Gasteiger partial charge in [-0.15, -0.1) is 0 Å². The maximum atomic E-state index is 8.59. The van der Waals surface area contributed by atoms with Gasteiger partial charge in [0.25, 0.3) is 8.53 Å². The average Bonchev–Trinajstić information content (AvgIpc) is 2.13. The maximum Gasteiger partial charge on any atom is 0.259 e. The minimum Gasteiger partial charge on any atom is -0.321 e. The van der Waals surface area contributed by atoms with Gasteiger partial charge in [0, 0.05) is 12.1 Å². The minimum atomic E-state index is -1.12. The van der Waals surface area contributed by atoms with E-state index in [4.69, 9.17) is 14.3 Å². The Kier molecular flexibility index (Phi) is 7.98. The van der Waals surface area contributed by atoms with Crippen molar-refractivity contribution in [1.29, 1.82) is 5.26 Å². The summed E-state index contributed by atoms with van der Waals surface area (Å²) >= 11 is 0. The molecule has 0 aromatic heterocycles. The van der Waals surface area contributed by atoms with Gasteiger partial charge in [0.15, 0.2) is 0 Å². The Hall–Kier alpha value is -0.200. The summed E-state index contributed by atoms with van der Waals surface area (Å²) < 4.78 is 14.1. The number of nitriles is 1. The highest BCUT2D eigenvalue weighted by Crippen LogP contribution is 2.48. The molecule has 0 heterocycles. The van der Waals surface area contributed by atoms with Crippen LogP contribution in [0.3, 0.4) is 0 Å². The Balaban J connectivity index is 4.76. The van der Waals surface area contributed by atoms with Gasteiger partial charge in [-0.1, -0.05) is 0 Å². The van der Waals surface area contributed by atoms with Crippen molar-refractivity contribution in [2.45, 2.75) is 72.6 Å². The first kappa shape index (κ1) is 17.8. The van der Waals surface area contributed by atoms with Crippen molar-refractivity contribution in [1.82, 2.24) is 4.67 Å². The van der Waals surface area contributed by atoms with Crippen LogP contribution in [0, 0.1) is 11.3 Å². The lowest BCUT2D eigenvalue weighted by molar-refractivity contribution is 0.0871. The van der Waals surface area contributed by atoms with Crippen LogP contribution in [0.1, 0.15) is 54.9 Å². The predicted octanol–water partition coefficient (Wildman–Crippen LogP) is 4.08. The molecule has 0 saturated heterocycles. The molecule has 106 valence electrons. The molecule has 0 saturated carbocycles. The van der Waals surface area contributed by atoms with Gasteiger partial charge in [0.1, 0.15) is 0 Å². The van der Waals surface area contributed by atoms with Crippen LogP contribution in [0.2, 0.25) is 0 Å². The SMILES string of the molecule is CC(C)N(C(C)C)P(OCCC#N)OC(C)(C)C. The summed E-state index contributed by atoms with van der Waals surface area (Å²) in [7, 11) is -1.12. The molecule has 1 atom stereocenters. The van der Waals surface area contributed by atoms with Crippen LogP contribution >= 0.6 is 8.53 Å². The molecule has 0 amide bonds. The molecule has 0 N–H and O–H groups in total. The molecule has 1 unspecified atom stereocenters. The maximum absolute atomic E-state index is 8.59. The van der Waals surface area contributed by atoms with Crippen LogP contribution in [0.5, 0.6) is 0 Å². The monoisotopic (exact) mass is 274 g/mol. The van der Waals surface area contributed by atoms with E-state index in [1.54, 1.807) is 0 Å². The van der Waals surface area contributed by atoms with E-state index in [0.717, 1.165) is 0 Å². The first-order valence-corrected chi connectivity index (χ1v) is 7.59. The fraction of sp³-hybridized carbons (Fsp3) is 0.923. The first-order chi connectivity index (χ1) is 8.19. The minimum absolute atomic E-state index is 0.250. The standard InChI is InChI=1S/C13H27N2O2P/c1-11(2)15(12(3)4)18(16-10-8-9-14)17-13(5,6)7/h11-12H,8,10H2,1-7H3. The number of nitrogens with zero attached hydrogens (tertiary/aromatic N) is 2. The second kappa shape index (κ2) is 8.07. The molecule has 0 aliphatic carbocycles. The van der Waals surface area contributed by atoms with Crippen molar-refractivity contribution in [3.8, 4) is 6.07 Å². The van der Waals surface area contributed by atoms with E-state index in [1.807, 2.05) is 20.8 Å². The van der Waals surface area contributed by atoms with Gasteiger partial charge < -0.3 is 9.05 Å². The largest absolute Gasteiger partial charge is 0.321 e. The topological polar surface area (TPSA) is 45.5 Å². The molecular weight excluding hydrogens is 247 g/mol. The van der Waals surface area contributed by atoms with Gasteiger partial charge in [0.2, 0.25) is 0 Å². The van der Waals surface area contributed by atoms with Gasteiger partial charge in [-0.3, -0.25) is 0 Å². The van der Waals surface area contributed by atoms with E-state index in [1.165, 1.54) is 0 Å². The van der Waals surface area contributed by atoms with Gasteiger partial charge in [-0.05, 0) is 48.5 Å². The van der Waals surface area contributed by atoms with Crippen molar-refractivity contribution in [2.24, 2.45) is 0 Å². The lowest BCUT2D eigenvalue weighted by Gasteiger charge is -2.38. The molecule has 0 aliphatic rings. The number of hydrogen-bond acceptors (Lipinski definition) is 4. The molecule has 0 bridgehead atoms. The molecule has 5 heteroatoms. The molecule has 0 spiro atoms. The van der Waals surface area contributed by atoms with Crippen LogP contribution in [-0.4, -0.2) is 29.0 Å². The summed E-state index contributed by atoms with van der Waals surface area (Å²) in [5.41, 5.74) is -0.250. The molecular formula is C13H27N2O2P. The van der Waals surface area contributed by atoms with Crippen molar-refractivity contribution < 1.29 is 9.05 Å². The highest BCUT2D eigenvalue weighted by Gasteiger charge is 2.30. The molecule has 0 fully saturated rings. The Bertz CT molecular complexity index is 261. The normalized spacial score (nSPS) is 14.3. The van der Waals surface area contributed by atoms with E-state index < -0.39 is 8.53 Å². The third-order valence-corrected chi connectivity index (χ3v) is 4.42. The van der Waals surface area contributed by atoms with Crippen molar-refractivity contribution in [3.63, 3.8) is 0 Å². The van der Waals surface area contributed by atoms with Crippen LogP contribution in [0.4, 0.5) is 0 Å². The Morgan fingerprint density at radius 3 is 2.00 bits per heavy atom. The number of hydrogen-bond donors (Lipinski definition) is 0. The first-order valence-electron chi connectivity index (χ1n) is 6.46. The van der Waals surface area contributed by atoms with E-state index in [-0.39, 0.29) is 5.60 Å². The molecule has 0 aromatic rings. The highest BCUT2D eigenvalue weighted by molar-refractivity contribution is 7.44. The van der Waals surface area contributed by atoms with Crippen LogP contribution in [-0.2, 0) is 9.05 Å². The summed E-state index contributed by atoms with van der Waals surface area (Å²) in [6.45, 7) is 15.0. The smallest absolute Gasteiger partial charge is 0.259 e. The fourth-order valence-electron chi connectivity index (χ4n) is 1.52. The zero-order valence-corrected chi connectivity index (χ0v) is 13.6. The second-order valence-corrected chi connectivity index (χ2v) is 7.13. The fourth-order valence-corrected chi connectivity index (χ4v) is 3.27. The third kappa shape index (κ3) is 7.28. The van der Waals surface area contributed by atoms with E-state index >= 15 is 0 Å². The molecule has 18 heavy (non-hydrogen) atoms. The second-order valence-electron chi connectivity index (χ2n) is 5.75. The van der Waals surface area contributed by atoms with E-state index in [9.17, 15) is 0 Å². The lowest BCUT2D eigenvalue weighted by atomic mass is 10.2. The zero-order valence-electron chi connectivity index (χ0n) is 12.7. The molecule has 0 aliphatic heterocycles. The van der Waals surface area contributed by atoms with Crippen molar-refractivity contribution in [3.05, 3.63) is 0 Å². The van der Waals surface area contributed by atoms with E-state index in [0.29, 0.717) is 25.1 Å². The molecule has 0 aromatic carbocycles. The Labute approximate surface area is 113 Å². The predicted molar refractivity (Wildman–Crippen MR) is 76.1 cm³/mol. The van der Waals surface area contributed by atoms with Crippen LogP contribution in [0.15, 0.2) is 0 Å². The van der Waals surface area contributed by atoms with Crippen molar-refractivity contribution >= 4 is 8.53 Å². The summed E-state index contributed by atoms with van der Waals surface area (Å²) in [6.07, 6.45) is 0.399. The summed E-state index contributed by atoms with van der Waals surface area (Å²) in [5, 5.41) is 8.59. The Morgan fingerprint density at radius 2 is 1.67 bits per heavy atom. The average molecular weight is 274 g/mol. The summed E-state index contributed by atoms with van der Waals surface area (Å²) in [5.74, 6) is 0. The third-order valence-electron chi connectivity index (χ3n) is 2.01. The quantitative estimate of drug-likeness (QED) is 0.518. The van der Waals surface area contributed by atoms with Gasteiger partial charge in [-0.2, -0.15) is 5.26 Å². The lowest BCUT2D eigenvalue weighted by Crippen LogP contribution is -2.35. The molecule has 0 rings (SSSR count). The van der Waals surface area contributed by atoms with Crippen LogP contribution in [0.25, 0.3) is 0 Å². The summed E-state index contributed by atoms with van der Waals surface area (Å²) in [4.78, 5) is 0. The highest BCUT2D eigenvalue weighted by atomic mass is 31.2. The number of rotatable bonds is 7. The molecule has 0 radical (unpaired) electrons. The van der Waals surface area contributed by atoms with E-state index in [2.05, 4.69) is 38.4 Å². The van der Waals surface area contributed by atoms with Gasteiger partial charge in [0.05, 0.1) is 24.7 Å². The molecule has 4 nitrogen and oxygen atoms in total. The van der Waals surface area contributed by atoms with Gasteiger partial charge in [-0.25, -0.2) is 4.67 Å². The summed E-state index contributed by atoms with van der Waals surface area (Å²) in [6, 6.07) is 2.79.